The van der Waals surface area contributed by atoms with Crippen molar-refractivity contribution in [3.8, 4) is 28.7 Å². The molecule has 1 aliphatic carbocycles. The van der Waals surface area contributed by atoms with Crippen molar-refractivity contribution in [1.29, 1.82) is 0 Å². The van der Waals surface area contributed by atoms with Crippen LogP contribution in [0, 0.1) is 0 Å². The van der Waals surface area contributed by atoms with Gasteiger partial charge in [-0.15, -0.1) is 0 Å². The zero-order valence-corrected chi connectivity index (χ0v) is 17.2. The summed E-state index contributed by atoms with van der Waals surface area (Å²) in [6.45, 7) is 0.194. The molecule has 0 saturated heterocycles. The minimum Gasteiger partial charge on any atom is -0.493 e. The lowest BCUT2D eigenvalue weighted by Gasteiger charge is -2.34. The van der Waals surface area contributed by atoms with E-state index in [1.807, 2.05) is 24.3 Å². The Kier molecular flexibility index (Phi) is 4.46. The number of rotatable bonds is 4. The molecule has 0 amide bonds. The molecule has 2 aromatic rings. The first-order valence-corrected chi connectivity index (χ1v) is 9.91. The molecule has 0 bridgehead atoms. The second-order valence-electron chi connectivity index (χ2n) is 7.48. The predicted molar refractivity (Wildman–Crippen MR) is 110 cm³/mol. The van der Waals surface area contributed by atoms with E-state index in [1.165, 1.54) is 0 Å². The number of carbonyl (C=O) groups is 1. The molecule has 5 rings (SSSR count). The van der Waals surface area contributed by atoms with E-state index in [9.17, 15) is 4.79 Å². The van der Waals surface area contributed by atoms with Crippen LogP contribution >= 0.6 is 0 Å². The van der Waals surface area contributed by atoms with E-state index in [4.69, 9.17) is 23.7 Å². The van der Waals surface area contributed by atoms with Crippen LogP contribution in [0.4, 0.5) is 5.69 Å². The highest BCUT2D eigenvalue weighted by Gasteiger charge is 2.37. The number of fused-ring (bicyclic) bond motifs is 2. The van der Waals surface area contributed by atoms with Crippen molar-refractivity contribution in [1.82, 2.24) is 0 Å². The highest BCUT2D eigenvalue weighted by atomic mass is 16.7. The summed E-state index contributed by atoms with van der Waals surface area (Å²) in [7, 11) is 4.75. The summed E-state index contributed by atoms with van der Waals surface area (Å²) in [5.41, 5.74) is 4.54. The van der Waals surface area contributed by atoms with Gasteiger partial charge in [-0.05, 0) is 42.2 Å². The molecule has 2 aliphatic heterocycles. The molecular formula is C23H23NO6. The van der Waals surface area contributed by atoms with Crippen molar-refractivity contribution in [2.24, 2.45) is 0 Å². The molecule has 0 radical (unpaired) electrons. The van der Waals surface area contributed by atoms with E-state index in [0.29, 0.717) is 35.2 Å². The van der Waals surface area contributed by atoms with Crippen LogP contribution in [-0.4, -0.2) is 33.9 Å². The lowest BCUT2D eigenvalue weighted by Crippen LogP contribution is -2.27. The molecular weight excluding hydrogens is 386 g/mol. The van der Waals surface area contributed by atoms with E-state index >= 15 is 0 Å². The second kappa shape index (κ2) is 7.16. The number of nitrogens with one attached hydrogen (secondary N) is 1. The predicted octanol–water partition coefficient (Wildman–Crippen LogP) is 4.01. The van der Waals surface area contributed by atoms with Crippen molar-refractivity contribution in [3.63, 3.8) is 0 Å². The molecule has 0 fully saturated rings. The Balaban J connectivity index is 1.75. The van der Waals surface area contributed by atoms with Crippen LogP contribution in [0.15, 0.2) is 35.5 Å². The van der Waals surface area contributed by atoms with Gasteiger partial charge in [0.2, 0.25) is 12.5 Å². The quantitative estimate of drug-likeness (QED) is 0.818. The van der Waals surface area contributed by atoms with Gasteiger partial charge >= 0.3 is 0 Å². The zero-order chi connectivity index (χ0) is 20.8. The van der Waals surface area contributed by atoms with Crippen LogP contribution in [0.1, 0.15) is 36.3 Å². The van der Waals surface area contributed by atoms with Crippen LogP contribution in [0.5, 0.6) is 28.7 Å². The van der Waals surface area contributed by atoms with Crippen LogP contribution < -0.4 is 29.0 Å². The molecule has 0 saturated carbocycles. The van der Waals surface area contributed by atoms with E-state index in [2.05, 4.69) is 5.32 Å². The minimum absolute atomic E-state index is 0.158. The van der Waals surface area contributed by atoms with E-state index < -0.39 is 0 Å². The van der Waals surface area contributed by atoms with Gasteiger partial charge in [0, 0.05) is 35.4 Å². The van der Waals surface area contributed by atoms with Gasteiger partial charge in [-0.1, -0.05) is 0 Å². The van der Waals surface area contributed by atoms with Crippen molar-refractivity contribution in [2.75, 3.05) is 33.4 Å². The van der Waals surface area contributed by atoms with Gasteiger partial charge in [0.05, 0.1) is 21.3 Å². The molecule has 2 aromatic carbocycles. The summed E-state index contributed by atoms with van der Waals surface area (Å²) in [6, 6.07) is 7.74. The fourth-order valence-corrected chi connectivity index (χ4v) is 4.57. The van der Waals surface area contributed by atoms with Gasteiger partial charge in [0.25, 0.3) is 0 Å². The molecule has 3 aliphatic rings. The molecule has 30 heavy (non-hydrogen) atoms. The summed E-state index contributed by atoms with van der Waals surface area (Å²) < 4.78 is 27.8. The fraction of sp³-hybridized carbons (Fsp3) is 0.348. The third-order valence-corrected chi connectivity index (χ3v) is 5.91. The summed E-state index contributed by atoms with van der Waals surface area (Å²) in [5.74, 6) is 2.90. The van der Waals surface area contributed by atoms with E-state index in [-0.39, 0.29) is 18.5 Å². The Morgan fingerprint density at radius 3 is 2.30 bits per heavy atom. The number of hydrogen-bond donors (Lipinski definition) is 1. The molecule has 0 spiro atoms. The zero-order valence-electron chi connectivity index (χ0n) is 17.2. The second-order valence-corrected chi connectivity index (χ2v) is 7.48. The number of allylic oxidation sites excluding steroid dienone is 2. The lowest BCUT2D eigenvalue weighted by atomic mass is 9.75. The monoisotopic (exact) mass is 409 g/mol. The summed E-state index contributed by atoms with van der Waals surface area (Å²) in [6.07, 6.45) is 2.21. The van der Waals surface area contributed by atoms with Gasteiger partial charge in [0.1, 0.15) is 0 Å². The first-order chi connectivity index (χ1) is 14.6. The third kappa shape index (κ3) is 2.76. The summed E-state index contributed by atoms with van der Waals surface area (Å²) in [4.78, 5) is 13.0. The van der Waals surface area contributed by atoms with Crippen LogP contribution in [-0.2, 0) is 4.79 Å². The van der Waals surface area contributed by atoms with E-state index in [0.717, 1.165) is 40.9 Å². The van der Waals surface area contributed by atoms with Crippen molar-refractivity contribution in [3.05, 3.63) is 46.7 Å². The highest BCUT2D eigenvalue weighted by Crippen LogP contribution is 2.51. The first-order valence-electron chi connectivity index (χ1n) is 9.91. The smallest absolute Gasteiger partial charge is 0.231 e. The van der Waals surface area contributed by atoms with Crippen molar-refractivity contribution < 1.29 is 28.5 Å². The Labute approximate surface area is 174 Å². The average Bonchev–Trinajstić information content (AvgIpc) is 3.22. The van der Waals surface area contributed by atoms with Gasteiger partial charge in [-0.2, -0.15) is 0 Å². The topological polar surface area (TPSA) is 75.3 Å². The summed E-state index contributed by atoms with van der Waals surface area (Å²) >= 11 is 0. The largest absolute Gasteiger partial charge is 0.493 e. The maximum atomic E-state index is 13.0. The Morgan fingerprint density at radius 2 is 1.63 bits per heavy atom. The maximum absolute atomic E-state index is 13.0. The molecule has 2 heterocycles. The molecule has 1 N–H and O–H groups in total. The molecule has 0 aromatic heterocycles. The van der Waals surface area contributed by atoms with Crippen molar-refractivity contribution >= 4 is 11.5 Å². The number of methoxy groups -OCH3 is 3. The van der Waals surface area contributed by atoms with Crippen LogP contribution in [0.3, 0.4) is 0 Å². The summed E-state index contributed by atoms with van der Waals surface area (Å²) in [5, 5.41) is 3.47. The standard InChI is InChI=1S/C23H23NO6/c1-26-19-7-12(8-20(27-2)23(19)28-3)21-13-9-17-18(30-11-29-17)10-15(13)24-14-5-4-6-16(25)22(14)21/h7-10,21,24H,4-6,11H2,1-3H3/t21-/m0/s1. The normalized spacial score (nSPS) is 19.0. The SMILES string of the molecule is COc1cc([C@@H]2C3=C(CCCC3=O)Nc3cc4c(cc32)OCO4)cc(OC)c1OC. The molecule has 7 nitrogen and oxygen atoms in total. The Bertz CT molecular complexity index is 1050. The number of ether oxygens (including phenoxy) is 5. The minimum atomic E-state index is -0.271. The van der Waals surface area contributed by atoms with Crippen molar-refractivity contribution in [2.45, 2.75) is 25.2 Å². The first kappa shape index (κ1) is 18.7. The fourth-order valence-electron chi connectivity index (χ4n) is 4.57. The number of hydrogen-bond acceptors (Lipinski definition) is 7. The number of Topliss-reactive ketones (excluding diaryl/α,β-unsaturated/α-hetero) is 1. The van der Waals surface area contributed by atoms with Crippen LogP contribution in [0.25, 0.3) is 0 Å². The van der Waals surface area contributed by atoms with Gasteiger partial charge < -0.3 is 29.0 Å². The number of anilines is 1. The molecule has 7 heteroatoms. The molecule has 0 unspecified atom stereocenters. The maximum Gasteiger partial charge on any atom is 0.231 e. The van der Waals surface area contributed by atoms with Crippen LogP contribution in [0.2, 0.25) is 0 Å². The van der Waals surface area contributed by atoms with Gasteiger partial charge in [-0.25, -0.2) is 0 Å². The average molecular weight is 409 g/mol. The third-order valence-electron chi connectivity index (χ3n) is 5.91. The molecule has 156 valence electrons. The van der Waals surface area contributed by atoms with Gasteiger partial charge in [0.15, 0.2) is 28.8 Å². The molecule has 1 atom stereocenters. The Morgan fingerprint density at radius 1 is 0.933 bits per heavy atom. The number of ketones is 1. The number of benzene rings is 2. The lowest BCUT2D eigenvalue weighted by molar-refractivity contribution is -0.116. The van der Waals surface area contributed by atoms with E-state index in [1.54, 1.807) is 21.3 Å². The Hall–Kier alpha value is -3.35. The number of carbonyl (C=O) groups excluding carboxylic acids is 1. The van der Waals surface area contributed by atoms with Gasteiger partial charge in [-0.3, -0.25) is 4.79 Å². The highest BCUT2D eigenvalue weighted by molar-refractivity contribution is 6.01.